The van der Waals surface area contributed by atoms with Gasteiger partial charge in [0.15, 0.2) is 0 Å². The summed E-state index contributed by atoms with van der Waals surface area (Å²) in [5, 5.41) is 8.97. The number of pyridine rings is 1. The molecule has 0 aliphatic carbocycles. The molecular formula is C27H26N4O2. The lowest BCUT2D eigenvalue weighted by Crippen LogP contribution is -2.34. The van der Waals surface area contributed by atoms with E-state index in [9.17, 15) is 4.79 Å². The third-order valence-corrected chi connectivity index (χ3v) is 5.60. The summed E-state index contributed by atoms with van der Waals surface area (Å²) in [5.74, 6) is 0.798. The monoisotopic (exact) mass is 438 g/mol. The highest BCUT2D eigenvalue weighted by Crippen LogP contribution is 2.18. The van der Waals surface area contributed by atoms with Crippen LogP contribution >= 0.6 is 0 Å². The van der Waals surface area contributed by atoms with Crippen molar-refractivity contribution >= 4 is 17.7 Å². The summed E-state index contributed by atoms with van der Waals surface area (Å²) in [6, 6.07) is 21.3. The fourth-order valence-electron chi connectivity index (χ4n) is 3.74. The average Bonchev–Trinajstić information content (AvgIpc) is 3.14. The maximum Gasteiger partial charge on any atom is 0.246 e. The molecule has 0 N–H and O–H groups in total. The smallest absolute Gasteiger partial charge is 0.246 e. The molecule has 3 aromatic rings. The minimum atomic E-state index is 0.0218. The fourth-order valence-corrected chi connectivity index (χ4v) is 3.74. The summed E-state index contributed by atoms with van der Waals surface area (Å²) >= 11 is 0. The number of rotatable bonds is 6. The van der Waals surface area contributed by atoms with Gasteiger partial charge in [-0.15, -0.1) is 0 Å². The van der Waals surface area contributed by atoms with Crippen LogP contribution in [-0.4, -0.2) is 42.0 Å². The van der Waals surface area contributed by atoms with Gasteiger partial charge in [-0.3, -0.25) is 9.78 Å². The summed E-state index contributed by atoms with van der Waals surface area (Å²) < 4.78 is 5.78. The first kappa shape index (κ1) is 22.1. The van der Waals surface area contributed by atoms with Crippen molar-refractivity contribution < 1.29 is 9.53 Å². The van der Waals surface area contributed by atoms with Crippen molar-refractivity contribution in [2.75, 3.05) is 31.1 Å². The molecule has 33 heavy (non-hydrogen) atoms. The molecule has 1 amide bonds. The standard InChI is InChI=1S/C27H26N4O2/c28-19-23-4-9-25(10-5-23)30-15-2-16-31(18-17-30)27(32)13-8-22-6-11-26(12-7-22)33-21-24-3-1-14-29-20-24/h1,3-14,20H,2,15-18,21H2/b13-8+. The molecule has 1 saturated heterocycles. The van der Waals surface area contributed by atoms with Gasteiger partial charge in [0.1, 0.15) is 12.4 Å². The molecule has 2 aromatic carbocycles. The number of benzene rings is 2. The fraction of sp³-hybridized carbons (Fsp3) is 0.222. The quantitative estimate of drug-likeness (QED) is 0.537. The molecule has 0 bridgehead atoms. The van der Waals surface area contributed by atoms with E-state index in [0.29, 0.717) is 18.7 Å². The van der Waals surface area contributed by atoms with Crippen molar-refractivity contribution in [3.8, 4) is 11.8 Å². The second kappa shape index (κ2) is 11.0. The second-order valence-corrected chi connectivity index (χ2v) is 7.88. The Labute approximate surface area is 194 Å². The number of amides is 1. The maximum atomic E-state index is 12.7. The lowest BCUT2D eigenvalue weighted by atomic mass is 10.2. The summed E-state index contributed by atoms with van der Waals surface area (Å²) in [5.41, 5.74) is 3.71. The number of carbonyl (C=O) groups excluding carboxylic acids is 1. The van der Waals surface area contributed by atoms with Crippen LogP contribution < -0.4 is 9.64 Å². The first-order chi connectivity index (χ1) is 16.2. The van der Waals surface area contributed by atoms with Crippen LogP contribution in [0.1, 0.15) is 23.1 Å². The molecule has 0 atom stereocenters. The lowest BCUT2D eigenvalue weighted by Gasteiger charge is -2.23. The van der Waals surface area contributed by atoms with E-state index < -0.39 is 0 Å². The SMILES string of the molecule is N#Cc1ccc(N2CCCN(C(=O)/C=C/c3ccc(OCc4cccnc4)cc3)CC2)cc1. The number of anilines is 1. The molecule has 6 nitrogen and oxygen atoms in total. The molecule has 0 unspecified atom stereocenters. The van der Waals surface area contributed by atoms with Crippen molar-refractivity contribution in [2.45, 2.75) is 13.0 Å². The zero-order valence-electron chi connectivity index (χ0n) is 18.4. The molecule has 1 fully saturated rings. The van der Waals surface area contributed by atoms with Gasteiger partial charge in [-0.1, -0.05) is 18.2 Å². The predicted molar refractivity (Wildman–Crippen MR) is 129 cm³/mol. The Morgan fingerprint density at radius 3 is 2.58 bits per heavy atom. The van der Waals surface area contributed by atoms with E-state index >= 15 is 0 Å². The molecule has 166 valence electrons. The Hall–Kier alpha value is -4.11. The molecular weight excluding hydrogens is 412 g/mol. The Kier molecular flexibility index (Phi) is 7.34. The van der Waals surface area contributed by atoms with Crippen LogP contribution in [-0.2, 0) is 11.4 Å². The van der Waals surface area contributed by atoms with Gasteiger partial charge in [0, 0.05) is 55.9 Å². The Morgan fingerprint density at radius 2 is 1.85 bits per heavy atom. The van der Waals surface area contributed by atoms with Gasteiger partial charge in [-0.2, -0.15) is 5.26 Å². The van der Waals surface area contributed by atoms with E-state index in [1.165, 1.54) is 0 Å². The zero-order valence-corrected chi connectivity index (χ0v) is 18.4. The highest BCUT2D eigenvalue weighted by molar-refractivity contribution is 5.91. The van der Waals surface area contributed by atoms with Gasteiger partial charge in [-0.05, 0) is 60.5 Å². The van der Waals surface area contributed by atoms with Crippen molar-refractivity contribution in [1.29, 1.82) is 5.26 Å². The highest BCUT2D eigenvalue weighted by Gasteiger charge is 2.17. The first-order valence-electron chi connectivity index (χ1n) is 11.1. The third-order valence-electron chi connectivity index (χ3n) is 5.60. The van der Waals surface area contributed by atoms with E-state index in [-0.39, 0.29) is 5.91 Å². The Balaban J connectivity index is 1.28. The van der Waals surface area contributed by atoms with Gasteiger partial charge < -0.3 is 14.5 Å². The van der Waals surface area contributed by atoms with Gasteiger partial charge >= 0.3 is 0 Å². The van der Waals surface area contributed by atoms with Gasteiger partial charge in [0.05, 0.1) is 11.6 Å². The second-order valence-electron chi connectivity index (χ2n) is 7.88. The first-order valence-corrected chi connectivity index (χ1v) is 11.1. The summed E-state index contributed by atoms with van der Waals surface area (Å²) in [7, 11) is 0. The van der Waals surface area contributed by atoms with Crippen molar-refractivity contribution in [1.82, 2.24) is 9.88 Å². The Bertz CT molecular complexity index is 1120. The zero-order chi connectivity index (χ0) is 22.9. The molecule has 0 spiro atoms. The molecule has 4 rings (SSSR count). The highest BCUT2D eigenvalue weighted by atomic mass is 16.5. The molecule has 0 saturated carbocycles. The summed E-state index contributed by atoms with van der Waals surface area (Å²) in [6.45, 7) is 3.53. The van der Waals surface area contributed by atoms with E-state index in [1.807, 2.05) is 71.6 Å². The third kappa shape index (κ3) is 6.20. The van der Waals surface area contributed by atoms with Crippen LogP contribution in [0.4, 0.5) is 5.69 Å². The van der Waals surface area contributed by atoms with Crippen LogP contribution in [0.2, 0.25) is 0 Å². The van der Waals surface area contributed by atoms with E-state index in [4.69, 9.17) is 10.00 Å². The minimum absolute atomic E-state index is 0.0218. The lowest BCUT2D eigenvalue weighted by molar-refractivity contribution is -0.125. The number of nitriles is 1. The van der Waals surface area contributed by atoms with Crippen molar-refractivity contribution in [2.24, 2.45) is 0 Å². The maximum absolute atomic E-state index is 12.7. The van der Waals surface area contributed by atoms with E-state index in [1.54, 1.807) is 18.5 Å². The molecule has 0 radical (unpaired) electrons. The van der Waals surface area contributed by atoms with Crippen LogP contribution in [0.25, 0.3) is 6.08 Å². The number of ether oxygens (including phenoxy) is 1. The van der Waals surface area contributed by atoms with Gasteiger partial charge in [0.25, 0.3) is 0 Å². The van der Waals surface area contributed by atoms with Crippen LogP contribution in [0.5, 0.6) is 5.75 Å². The van der Waals surface area contributed by atoms with Gasteiger partial charge in [-0.25, -0.2) is 0 Å². The molecule has 1 aliphatic rings. The van der Waals surface area contributed by atoms with Crippen molar-refractivity contribution in [3.63, 3.8) is 0 Å². The predicted octanol–water partition coefficient (Wildman–Crippen LogP) is 4.28. The molecule has 1 aliphatic heterocycles. The number of nitrogens with zero attached hydrogens (tertiary/aromatic N) is 4. The molecule has 2 heterocycles. The van der Waals surface area contributed by atoms with Crippen LogP contribution in [0.3, 0.4) is 0 Å². The van der Waals surface area contributed by atoms with Gasteiger partial charge in [0.2, 0.25) is 5.91 Å². The topological polar surface area (TPSA) is 69.5 Å². The molecule has 6 heteroatoms. The number of hydrogen-bond acceptors (Lipinski definition) is 5. The molecule has 1 aromatic heterocycles. The number of hydrogen-bond donors (Lipinski definition) is 0. The normalized spacial score (nSPS) is 14.0. The summed E-state index contributed by atoms with van der Waals surface area (Å²) in [4.78, 5) is 21.0. The number of aromatic nitrogens is 1. The van der Waals surface area contributed by atoms with E-state index in [0.717, 1.165) is 48.6 Å². The van der Waals surface area contributed by atoms with Crippen molar-refractivity contribution in [3.05, 3.63) is 95.8 Å². The Morgan fingerprint density at radius 1 is 1.03 bits per heavy atom. The summed E-state index contributed by atoms with van der Waals surface area (Å²) in [6.07, 6.45) is 7.92. The van der Waals surface area contributed by atoms with E-state index in [2.05, 4.69) is 16.0 Å². The van der Waals surface area contributed by atoms with Crippen LogP contribution in [0, 0.1) is 11.3 Å². The number of carbonyl (C=O) groups is 1. The van der Waals surface area contributed by atoms with Crippen LogP contribution in [0.15, 0.2) is 79.1 Å². The largest absolute Gasteiger partial charge is 0.489 e. The average molecular weight is 439 g/mol. The minimum Gasteiger partial charge on any atom is -0.489 e.